The molecule has 0 spiro atoms. The van der Waals surface area contributed by atoms with Gasteiger partial charge in [0.15, 0.2) is 0 Å². The lowest BCUT2D eigenvalue weighted by Gasteiger charge is -2.34. The van der Waals surface area contributed by atoms with Gasteiger partial charge in [-0.05, 0) is 12.1 Å². The SMILES string of the molecule is O=S(=O)(c1ccccc1F)N1CCN(CC(F)(F)F)CC1. The Hall–Kier alpha value is -1.19. The lowest BCUT2D eigenvalue weighted by Crippen LogP contribution is -2.50. The second-order valence-electron chi connectivity index (χ2n) is 4.73. The van der Waals surface area contributed by atoms with Crippen molar-refractivity contribution in [2.75, 3.05) is 32.7 Å². The van der Waals surface area contributed by atoms with Gasteiger partial charge in [-0.15, -0.1) is 0 Å². The number of nitrogens with zero attached hydrogens (tertiary/aromatic N) is 2. The van der Waals surface area contributed by atoms with Gasteiger partial charge in [0, 0.05) is 26.2 Å². The summed E-state index contributed by atoms with van der Waals surface area (Å²) in [4.78, 5) is 0.683. The number of benzene rings is 1. The Labute approximate surface area is 120 Å². The summed E-state index contributed by atoms with van der Waals surface area (Å²) >= 11 is 0. The van der Waals surface area contributed by atoms with E-state index in [1.54, 1.807) is 0 Å². The van der Waals surface area contributed by atoms with Crippen LogP contribution in [0.5, 0.6) is 0 Å². The number of alkyl halides is 3. The zero-order valence-corrected chi connectivity index (χ0v) is 11.8. The lowest BCUT2D eigenvalue weighted by molar-refractivity contribution is -0.148. The van der Waals surface area contributed by atoms with Gasteiger partial charge in [0.1, 0.15) is 10.7 Å². The number of hydrogen-bond donors (Lipinski definition) is 0. The number of piperazine rings is 1. The minimum atomic E-state index is -4.31. The van der Waals surface area contributed by atoms with Gasteiger partial charge >= 0.3 is 6.18 Å². The van der Waals surface area contributed by atoms with Crippen molar-refractivity contribution >= 4 is 10.0 Å². The molecule has 0 aromatic heterocycles. The summed E-state index contributed by atoms with van der Waals surface area (Å²) < 4.78 is 75.9. The van der Waals surface area contributed by atoms with Crippen LogP contribution in [0.3, 0.4) is 0 Å². The molecule has 1 aliphatic heterocycles. The standard InChI is InChI=1S/C12H14F4N2O2S/c13-10-3-1-2-4-11(10)21(19,20)18-7-5-17(6-8-18)9-12(14,15)16/h1-4H,5-9H2. The van der Waals surface area contributed by atoms with Gasteiger partial charge in [-0.25, -0.2) is 12.8 Å². The Kier molecular flexibility index (Phi) is 4.54. The van der Waals surface area contributed by atoms with E-state index in [9.17, 15) is 26.0 Å². The molecule has 0 atom stereocenters. The van der Waals surface area contributed by atoms with Crippen molar-refractivity contribution in [2.45, 2.75) is 11.1 Å². The van der Waals surface area contributed by atoms with Crippen molar-refractivity contribution in [2.24, 2.45) is 0 Å². The summed E-state index contributed by atoms with van der Waals surface area (Å²) in [5.41, 5.74) is 0. The fourth-order valence-corrected chi connectivity index (χ4v) is 3.66. The Bertz CT molecular complexity index is 596. The highest BCUT2D eigenvalue weighted by atomic mass is 32.2. The lowest BCUT2D eigenvalue weighted by atomic mass is 10.3. The molecule has 1 aliphatic rings. The maximum atomic E-state index is 13.6. The average Bonchev–Trinajstić information content (AvgIpc) is 2.37. The summed E-state index contributed by atoms with van der Waals surface area (Å²) in [6.45, 7) is -1.32. The third kappa shape index (κ3) is 3.92. The van der Waals surface area contributed by atoms with E-state index in [0.717, 1.165) is 21.3 Å². The van der Waals surface area contributed by atoms with E-state index in [4.69, 9.17) is 0 Å². The van der Waals surface area contributed by atoms with Crippen LogP contribution in [0.25, 0.3) is 0 Å². The predicted octanol–water partition coefficient (Wildman–Crippen LogP) is 1.69. The Morgan fingerprint density at radius 3 is 2.14 bits per heavy atom. The van der Waals surface area contributed by atoms with E-state index in [1.807, 2.05) is 0 Å². The van der Waals surface area contributed by atoms with Crippen molar-refractivity contribution in [1.82, 2.24) is 9.21 Å². The van der Waals surface area contributed by atoms with Crippen LogP contribution in [0.4, 0.5) is 17.6 Å². The number of sulfonamides is 1. The number of halogens is 4. The van der Waals surface area contributed by atoms with Crippen LogP contribution in [0, 0.1) is 5.82 Å². The fraction of sp³-hybridized carbons (Fsp3) is 0.500. The second-order valence-corrected chi connectivity index (χ2v) is 6.63. The summed E-state index contributed by atoms with van der Waals surface area (Å²) in [5.74, 6) is -0.866. The van der Waals surface area contributed by atoms with Crippen molar-refractivity contribution in [3.8, 4) is 0 Å². The Morgan fingerprint density at radius 2 is 1.62 bits per heavy atom. The summed E-state index contributed by atoms with van der Waals surface area (Å²) in [6.07, 6.45) is -4.31. The quantitative estimate of drug-likeness (QED) is 0.794. The normalized spacial score (nSPS) is 18.9. The molecule has 1 aromatic carbocycles. The maximum Gasteiger partial charge on any atom is 0.401 e. The molecule has 0 amide bonds. The molecule has 118 valence electrons. The highest BCUT2D eigenvalue weighted by molar-refractivity contribution is 7.89. The molecule has 21 heavy (non-hydrogen) atoms. The van der Waals surface area contributed by atoms with Gasteiger partial charge in [0.05, 0.1) is 6.54 Å². The van der Waals surface area contributed by atoms with Crippen molar-refractivity contribution in [3.05, 3.63) is 30.1 Å². The van der Waals surface area contributed by atoms with Crippen molar-refractivity contribution < 1.29 is 26.0 Å². The van der Waals surface area contributed by atoms with Crippen LogP contribution in [0.15, 0.2) is 29.2 Å². The molecule has 0 saturated carbocycles. The van der Waals surface area contributed by atoms with Gasteiger partial charge in [0.2, 0.25) is 10.0 Å². The third-order valence-corrected chi connectivity index (χ3v) is 5.12. The molecule has 4 nitrogen and oxygen atoms in total. The molecule has 0 N–H and O–H groups in total. The molecule has 1 heterocycles. The molecule has 1 fully saturated rings. The molecule has 1 aromatic rings. The molecule has 0 radical (unpaired) electrons. The van der Waals surface area contributed by atoms with Crippen LogP contribution in [0.2, 0.25) is 0 Å². The largest absolute Gasteiger partial charge is 0.401 e. The van der Waals surface area contributed by atoms with E-state index in [1.165, 1.54) is 12.1 Å². The van der Waals surface area contributed by atoms with Crippen LogP contribution in [0.1, 0.15) is 0 Å². The first-order valence-electron chi connectivity index (χ1n) is 6.24. The smallest absolute Gasteiger partial charge is 0.292 e. The first kappa shape index (κ1) is 16.2. The molecule has 0 aliphatic carbocycles. The van der Waals surface area contributed by atoms with E-state index in [0.29, 0.717) is 0 Å². The Morgan fingerprint density at radius 1 is 1.05 bits per heavy atom. The van der Waals surface area contributed by atoms with Crippen LogP contribution < -0.4 is 0 Å². The molecular formula is C12H14F4N2O2S. The Balaban J connectivity index is 2.07. The van der Waals surface area contributed by atoms with E-state index < -0.39 is 33.5 Å². The van der Waals surface area contributed by atoms with E-state index >= 15 is 0 Å². The van der Waals surface area contributed by atoms with Crippen LogP contribution >= 0.6 is 0 Å². The van der Waals surface area contributed by atoms with Crippen LogP contribution in [-0.2, 0) is 10.0 Å². The number of rotatable bonds is 3. The predicted molar refractivity (Wildman–Crippen MR) is 67.7 cm³/mol. The molecular weight excluding hydrogens is 312 g/mol. The second kappa shape index (κ2) is 5.90. The summed E-state index contributed by atoms with van der Waals surface area (Å²) in [7, 11) is -4.01. The first-order chi connectivity index (χ1) is 9.70. The summed E-state index contributed by atoms with van der Waals surface area (Å²) in [6, 6.07) is 4.95. The molecule has 0 bridgehead atoms. The van der Waals surface area contributed by atoms with Gasteiger partial charge in [0.25, 0.3) is 0 Å². The average molecular weight is 326 g/mol. The summed E-state index contributed by atoms with van der Waals surface area (Å²) in [5, 5.41) is 0. The topological polar surface area (TPSA) is 40.6 Å². The van der Waals surface area contributed by atoms with Crippen LogP contribution in [-0.4, -0.2) is 56.5 Å². The minimum absolute atomic E-state index is 0.0345. The van der Waals surface area contributed by atoms with Crippen molar-refractivity contribution in [1.29, 1.82) is 0 Å². The number of hydrogen-bond acceptors (Lipinski definition) is 3. The van der Waals surface area contributed by atoms with E-state index in [-0.39, 0.29) is 26.2 Å². The highest BCUT2D eigenvalue weighted by Crippen LogP contribution is 2.22. The molecule has 1 saturated heterocycles. The molecule has 2 rings (SSSR count). The zero-order chi connectivity index (χ0) is 15.7. The minimum Gasteiger partial charge on any atom is -0.292 e. The molecule has 9 heteroatoms. The fourth-order valence-electron chi connectivity index (χ4n) is 2.17. The van der Waals surface area contributed by atoms with Gasteiger partial charge < -0.3 is 0 Å². The zero-order valence-electron chi connectivity index (χ0n) is 11.0. The third-order valence-electron chi connectivity index (χ3n) is 3.19. The van der Waals surface area contributed by atoms with Gasteiger partial charge in [-0.3, -0.25) is 4.90 Å². The van der Waals surface area contributed by atoms with Crippen molar-refractivity contribution in [3.63, 3.8) is 0 Å². The highest BCUT2D eigenvalue weighted by Gasteiger charge is 2.35. The monoisotopic (exact) mass is 326 g/mol. The van der Waals surface area contributed by atoms with E-state index in [2.05, 4.69) is 0 Å². The van der Waals surface area contributed by atoms with Gasteiger partial charge in [-0.2, -0.15) is 17.5 Å². The first-order valence-corrected chi connectivity index (χ1v) is 7.68. The van der Waals surface area contributed by atoms with Gasteiger partial charge in [-0.1, -0.05) is 12.1 Å². The molecule has 0 unspecified atom stereocenters. The maximum absolute atomic E-state index is 13.6.